The van der Waals surface area contributed by atoms with Gasteiger partial charge in [-0.15, -0.1) is 10.2 Å². The van der Waals surface area contributed by atoms with Gasteiger partial charge in [-0.05, 0) is 92.0 Å². The molecule has 66 heavy (non-hydrogen) atoms. The summed E-state index contributed by atoms with van der Waals surface area (Å²) in [6, 6.07) is 14.1. The average molecular weight is 909 g/mol. The van der Waals surface area contributed by atoms with E-state index in [0.717, 1.165) is 42.8 Å². The fraction of sp³-hybridized carbons (Fsp3) is 0.458. The molecule has 5 fully saturated rings. The molecule has 5 aliphatic rings. The molecule has 14 nitrogen and oxygen atoms in total. The van der Waals surface area contributed by atoms with Crippen LogP contribution in [0.3, 0.4) is 0 Å². The molecule has 3 aromatic heterocycles. The second-order valence-corrected chi connectivity index (χ2v) is 18.6. The number of anilines is 3. The first kappa shape index (κ1) is 43.6. The van der Waals surface area contributed by atoms with Crippen molar-refractivity contribution in [3.63, 3.8) is 0 Å². The molecule has 2 aromatic carbocycles. The fourth-order valence-electron chi connectivity index (χ4n) is 10.5. The lowest BCUT2D eigenvalue weighted by atomic mass is 9.87. The Hall–Kier alpha value is -6.30. The van der Waals surface area contributed by atoms with Crippen LogP contribution >= 0.6 is 0 Å². The second-order valence-electron chi connectivity index (χ2n) is 18.6. The number of alkyl halides is 4. The smallest absolute Gasteiger partial charge is 0.417 e. The van der Waals surface area contributed by atoms with Crippen LogP contribution in [0.4, 0.5) is 39.5 Å². The Morgan fingerprint density at radius 3 is 2.41 bits per heavy atom. The van der Waals surface area contributed by atoms with Crippen molar-refractivity contribution in [2.75, 3.05) is 67.9 Å². The number of benzene rings is 2. The number of hydrogen-bond donors (Lipinski definition) is 3. The van der Waals surface area contributed by atoms with E-state index >= 15 is 4.39 Å². The number of nitrogens with two attached hydrogens (primary N) is 1. The maximum Gasteiger partial charge on any atom is 0.417 e. The van der Waals surface area contributed by atoms with Crippen LogP contribution in [0, 0.1) is 0 Å². The fourth-order valence-corrected chi connectivity index (χ4v) is 10.5. The zero-order valence-electron chi connectivity index (χ0n) is 36.4. The molecule has 1 saturated carbocycles. The van der Waals surface area contributed by atoms with Gasteiger partial charge in [0.05, 0.1) is 34.4 Å². The number of piperidine rings is 3. The van der Waals surface area contributed by atoms with E-state index in [2.05, 4.69) is 31.2 Å². The predicted molar refractivity (Wildman–Crippen MR) is 240 cm³/mol. The summed E-state index contributed by atoms with van der Waals surface area (Å²) in [6.07, 6.45) is 4.39. The number of nitrogen functional groups attached to an aromatic ring is 1. The lowest BCUT2D eigenvalue weighted by Gasteiger charge is -2.41. The molecular weight excluding hydrogens is 857 g/mol. The van der Waals surface area contributed by atoms with Gasteiger partial charge in [0.15, 0.2) is 5.82 Å². The number of hydrogen-bond acceptors (Lipinski definition) is 10. The summed E-state index contributed by atoms with van der Waals surface area (Å²) in [6.45, 7) is 2.76. The third kappa shape index (κ3) is 8.62. The predicted octanol–water partition coefficient (Wildman–Crippen LogP) is 7.79. The molecule has 0 unspecified atom stereocenters. The van der Waals surface area contributed by atoms with Crippen molar-refractivity contribution < 1.29 is 37.1 Å². The third-order valence-electron chi connectivity index (χ3n) is 14.3. The van der Waals surface area contributed by atoms with Gasteiger partial charge in [0.25, 0.3) is 5.91 Å². The van der Waals surface area contributed by atoms with Gasteiger partial charge in [0.2, 0.25) is 5.91 Å². The summed E-state index contributed by atoms with van der Waals surface area (Å²) in [4.78, 5) is 50.0. The number of imide groups is 1. The molecule has 4 aliphatic heterocycles. The van der Waals surface area contributed by atoms with Crippen LogP contribution in [-0.4, -0.2) is 111 Å². The summed E-state index contributed by atoms with van der Waals surface area (Å²) in [7, 11) is 0. The molecule has 10 rings (SSSR count). The molecule has 4 amide bonds. The highest BCUT2D eigenvalue weighted by atomic mass is 19.4. The van der Waals surface area contributed by atoms with Crippen LogP contribution in [-0.2, 0) is 11.0 Å². The number of phenolic OH excluding ortho intramolecular Hbond substituents is 1. The normalized spacial score (nSPS) is 21.1. The van der Waals surface area contributed by atoms with Crippen LogP contribution in [0.5, 0.6) is 5.75 Å². The quantitative estimate of drug-likeness (QED) is 0.124. The van der Waals surface area contributed by atoms with Gasteiger partial charge in [-0.3, -0.25) is 19.8 Å². The van der Waals surface area contributed by atoms with E-state index in [9.17, 15) is 32.7 Å². The van der Waals surface area contributed by atoms with Gasteiger partial charge >= 0.3 is 12.2 Å². The van der Waals surface area contributed by atoms with Crippen molar-refractivity contribution in [2.24, 2.45) is 0 Å². The number of urea groups is 1. The van der Waals surface area contributed by atoms with E-state index in [1.807, 2.05) is 11.0 Å². The topological polar surface area (TPSA) is 166 Å². The van der Waals surface area contributed by atoms with Crippen LogP contribution in [0.25, 0.3) is 22.3 Å². The van der Waals surface area contributed by atoms with Crippen molar-refractivity contribution in [1.82, 2.24) is 34.9 Å². The minimum atomic E-state index is -4.80. The molecule has 0 radical (unpaired) electrons. The van der Waals surface area contributed by atoms with E-state index in [-0.39, 0.29) is 68.3 Å². The van der Waals surface area contributed by atoms with Crippen LogP contribution in [0.2, 0.25) is 0 Å². The van der Waals surface area contributed by atoms with Crippen LogP contribution < -0.4 is 20.9 Å². The molecule has 7 heterocycles. The highest BCUT2D eigenvalue weighted by molar-refractivity contribution is 6.06. The number of aromatic nitrogens is 4. The molecule has 18 heteroatoms. The highest BCUT2D eigenvalue weighted by Gasteiger charge is 2.42. The average Bonchev–Trinajstić information content (AvgIpc) is 4.09. The van der Waals surface area contributed by atoms with E-state index in [1.54, 1.807) is 47.5 Å². The second kappa shape index (κ2) is 17.2. The number of nitrogens with one attached hydrogen (secondary N) is 1. The zero-order valence-corrected chi connectivity index (χ0v) is 36.4. The summed E-state index contributed by atoms with van der Waals surface area (Å²) < 4.78 is 63.1. The van der Waals surface area contributed by atoms with Crippen molar-refractivity contribution >= 4 is 46.1 Å². The molecule has 346 valence electrons. The molecule has 0 spiro atoms. The Morgan fingerprint density at radius 1 is 0.909 bits per heavy atom. The van der Waals surface area contributed by atoms with Crippen molar-refractivity contribution in [3.05, 3.63) is 89.2 Å². The van der Waals surface area contributed by atoms with Gasteiger partial charge in [-0.2, -0.15) is 13.2 Å². The summed E-state index contributed by atoms with van der Waals surface area (Å²) in [5, 5.41) is 22.1. The van der Waals surface area contributed by atoms with Crippen LogP contribution in [0.15, 0.2) is 67.0 Å². The number of aromatic hydroxyl groups is 1. The largest absolute Gasteiger partial charge is 0.507 e. The number of fused-ring (bicyclic) bond motifs is 1. The number of pyridine rings is 1. The van der Waals surface area contributed by atoms with Gasteiger partial charge < -0.3 is 30.1 Å². The van der Waals surface area contributed by atoms with E-state index in [1.165, 1.54) is 16.5 Å². The van der Waals surface area contributed by atoms with Crippen molar-refractivity contribution in [1.29, 1.82) is 0 Å². The number of halogens is 4. The molecule has 1 atom stereocenters. The number of likely N-dealkylation sites (tertiary alicyclic amines) is 2. The first-order valence-electron chi connectivity index (χ1n) is 22.9. The Kier molecular flexibility index (Phi) is 11.3. The van der Waals surface area contributed by atoms with Crippen molar-refractivity contribution in [2.45, 2.75) is 87.5 Å². The standard InChI is InChI=1S/C48H52F4N10O4/c49-47(28-58-17-11-32(12-18-58)62-27-37(29-7-8-29)36-23-33(25-54-44(36)62)61-19-13-42(64)55-46(61)66)14-20-59(21-15-47)45(65)34-10-9-30(22-38(34)48(50,51)52)31-4-3-16-60(26-31)40-24-39(56-57-43(40)53)35-5-1-2-6-41(35)63/h1-2,5-6,9-10,22-25,27,29,31-32,63H,3-4,7-8,11-21,26,28H2,(H2,53,57)(H,55,64,66)/t31-/m0/s1. The molecule has 5 aromatic rings. The lowest BCUT2D eigenvalue weighted by Crippen LogP contribution is -2.51. The van der Waals surface area contributed by atoms with E-state index in [4.69, 9.17) is 10.7 Å². The van der Waals surface area contributed by atoms with Crippen LogP contribution in [0.1, 0.15) is 103 Å². The van der Waals surface area contributed by atoms with Gasteiger partial charge in [-0.1, -0.05) is 18.2 Å². The zero-order chi connectivity index (χ0) is 45.9. The number of rotatable bonds is 9. The number of amides is 4. The van der Waals surface area contributed by atoms with E-state index in [0.29, 0.717) is 79.7 Å². The Balaban J connectivity index is 0.769. The molecule has 4 N–H and O–H groups in total. The molecule has 0 bridgehead atoms. The number of carbonyl (C=O) groups excluding carboxylic acids is 3. The number of carbonyl (C=O) groups is 3. The summed E-state index contributed by atoms with van der Waals surface area (Å²) in [5.74, 6) is -0.709. The van der Waals surface area contributed by atoms with Gasteiger partial charge in [-0.25, -0.2) is 14.2 Å². The summed E-state index contributed by atoms with van der Waals surface area (Å²) in [5.41, 5.74) is 7.84. The summed E-state index contributed by atoms with van der Waals surface area (Å²) >= 11 is 0. The maximum atomic E-state index is 16.5. The Bertz CT molecular complexity index is 2690. The minimum absolute atomic E-state index is 0.00885. The number of para-hydroxylation sites is 1. The van der Waals surface area contributed by atoms with Gasteiger partial charge in [0.1, 0.15) is 17.1 Å². The number of nitrogens with zero attached hydrogens (tertiary/aromatic N) is 8. The van der Waals surface area contributed by atoms with E-state index < -0.39 is 34.9 Å². The highest BCUT2D eigenvalue weighted by Crippen LogP contribution is 2.46. The third-order valence-corrected chi connectivity index (χ3v) is 14.3. The molecule has 4 saturated heterocycles. The Labute approximate surface area is 378 Å². The lowest BCUT2D eigenvalue weighted by molar-refractivity contribution is -0.138. The monoisotopic (exact) mass is 908 g/mol. The maximum absolute atomic E-state index is 16.5. The molecule has 1 aliphatic carbocycles. The first-order chi connectivity index (χ1) is 31.7. The Morgan fingerprint density at radius 2 is 1.68 bits per heavy atom. The first-order valence-corrected chi connectivity index (χ1v) is 22.9. The number of phenols is 1. The van der Waals surface area contributed by atoms with Gasteiger partial charge in [0, 0.05) is 101 Å². The minimum Gasteiger partial charge on any atom is -0.507 e. The SMILES string of the molecule is Nc1nnc(-c2ccccc2O)cc1N1CCC[C@H](c2ccc(C(=O)N3CCC(F)(CN4CCC(n5cc(C6CC6)c6cc(N7CCC(=O)NC7=O)cnc65)CC4)CC3)c(C(F)(F)F)c2)C1. The van der Waals surface area contributed by atoms with Crippen molar-refractivity contribution in [3.8, 4) is 17.0 Å². The molecular formula is C48H52F4N10O4.